The average molecular weight is 624 g/mol. The summed E-state index contributed by atoms with van der Waals surface area (Å²) in [6.45, 7) is 7.44. The van der Waals surface area contributed by atoms with E-state index in [0.29, 0.717) is 31.6 Å². The zero-order valence-electron chi connectivity index (χ0n) is 25.0. The molecule has 0 bridgehead atoms. The molecule has 3 atom stereocenters. The SMILES string of the molecule is CC[C@@H]1C[C@H](N(Cc2cc(C(F)(F)F)cc(C(F)(F)F)c2)C(=O)OC)C[C@H](CC(=O)N2CCCC2)N1C(=O)OC(C)(C)C. The topological polar surface area (TPSA) is 79.4 Å². The number of benzene rings is 1. The summed E-state index contributed by atoms with van der Waals surface area (Å²) in [5, 5.41) is 0. The van der Waals surface area contributed by atoms with Gasteiger partial charge in [0.15, 0.2) is 0 Å². The molecular weight excluding hydrogens is 584 g/mol. The Bertz CT molecular complexity index is 1130. The number of piperidine rings is 1. The van der Waals surface area contributed by atoms with E-state index in [1.54, 1.807) is 32.6 Å². The van der Waals surface area contributed by atoms with E-state index in [9.17, 15) is 40.7 Å². The second-order valence-corrected chi connectivity index (χ2v) is 12.0. The van der Waals surface area contributed by atoms with Gasteiger partial charge in [-0.2, -0.15) is 26.3 Å². The lowest BCUT2D eigenvalue weighted by atomic mass is 9.87. The van der Waals surface area contributed by atoms with Crippen LogP contribution in [0, 0.1) is 0 Å². The summed E-state index contributed by atoms with van der Waals surface area (Å²) in [6.07, 6.45) is -9.53. The molecule has 3 rings (SSSR count). The van der Waals surface area contributed by atoms with Crippen molar-refractivity contribution in [1.29, 1.82) is 0 Å². The first-order valence-corrected chi connectivity index (χ1v) is 14.3. The molecule has 2 fully saturated rings. The Morgan fingerprint density at radius 2 is 1.44 bits per heavy atom. The van der Waals surface area contributed by atoms with Crippen LogP contribution in [0.2, 0.25) is 0 Å². The van der Waals surface area contributed by atoms with Crippen LogP contribution >= 0.6 is 0 Å². The van der Waals surface area contributed by atoms with Crippen LogP contribution in [0.4, 0.5) is 35.9 Å². The highest BCUT2D eigenvalue weighted by Gasteiger charge is 2.44. The maximum atomic E-state index is 13.5. The van der Waals surface area contributed by atoms with Gasteiger partial charge in [-0.15, -0.1) is 0 Å². The smallest absolute Gasteiger partial charge is 0.416 e. The van der Waals surface area contributed by atoms with Gasteiger partial charge in [-0.3, -0.25) is 4.79 Å². The van der Waals surface area contributed by atoms with Gasteiger partial charge >= 0.3 is 24.5 Å². The number of hydrogen-bond donors (Lipinski definition) is 0. The Morgan fingerprint density at radius 3 is 1.91 bits per heavy atom. The van der Waals surface area contributed by atoms with Crippen molar-refractivity contribution < 1.29 is 50.2 Å². The summed E-state index contributed by atoms with van der Waals surface area (Å²) in [7, 11) is 1.06. The molecule has 0 saturated carbocycles. The second-order valence-electron chi connectivity index (χ2n) is 12.0. The van der Waals surface area contributed by atoms with Gasteiger partial charge in [0.1, 0.15) is 5.60 Å². The maximum absolute atomic E-state index is 13.5. The molecule has 2 saturated heterocycles. The summed E-state index contributed by atoms with van der Waals surface area (Å²) < 4.78 is 91.7. The van der Waals surface area contributed by atoms with Crippen molar-refractivity contribution in [2.45, 2.75) is 109 Å². The van der Waals surface area contributed by atoms with E-state index in [-0.39, 0.29) is 36.8 Å². The van der Waals surface area contributed by atoms with Crippen LogP contribution in [0.5, 0.6) is 0 Å². The first kappa shape index (κ1) is 34.3. The predicted molar refractivity (Wildman–Crippen MR) is 144 cm³/mol. The number of amides is 3. The highest BCUT2D eigenvalue weighted by Crippen LogP contribution is 2.38. The number of carbonyl (C=O) groups excluding carboxylic acids is 3. The summed E-state index contributed by atoms with van der Waals surface area (Å²) in [5.41, 5.74) is -4.22. The standard InChI is InChI=1S/C29H39F6N3O5/c1-6-21-14-22(15-23(16-24(39)36-9-7-8-10-36)38(21)26(41)43-27(2,3)4)37(25(40)42-5)17-18-11-19(28(30,31)32)13-20(12-18)29(33,34)35/h11-13,21-23H,6-10,14-17H2,1-5H3/t21-,22+,23-/m1/s1. The second kappa shape index (κ2) is 13.2. The number of likely N-dealkylation sites (tertiary alicyclic amines) is 2. The van der Waals surface area contributed by atoms with E-state index in [2.05, 4.69) is 0 Å². The predicted octanol–water partition coefficient (Wildman–Crippen LogP) is 6.85. The van der Waals surface area contributed by atoms with Gasteiger partial charge in [-0.25, -0.2) is 9.59 Å². The summed E-state index contributed by atoms with van der Waals surface area (Å²) in [6, 6.07) is -0.871. The number of methoxy groups -OCH3 is 1. The van der Waals surface area contributed by atoms with Crippen molar-refractivity contribution >= 4 is 18.1 Å². The number of nitrogens with zero attached hydrogens (tertiary/aromatic N) is 3. The van der Waals surface area contributed by atoms with Crippen molar-refractivity contribution in [1.82, 2.24) is 14.7 Å². The normalized spacial score (nSPS) is 21.5. The highest BCUT2D eigenvalue weighted by molar-refractivity contribution is 5.78. The van der Waals surface area contributed by atoms with Crippen LogP contribution in [0.15, 0.2) is 18.2 Å². The Kier molecular flexibility index (Phi) is 10.5. The van der Waals surface area contributed by atoms with Crippen LogP contribution in [0.25, 0.3) is 0 Å². The quantitative estimate of drug-likeness (QED) is 0.324. The Balaban J connectivity index is 2.01. The zero-order chi connectivity index (χ0) is 32.3. The Morgan fingerprint density at radius 1 is 0.907 bits per heavy atom. The number of hydrogen-bond acceptors (Lipinski definition) is 5. The van der Waals surface area contributed by atoms with E-state index in [1.807, 2.05) is 0 Å². The maximum Gasteiger partial charge on any atom is 0.416 e. The number of carbonyl (C=O) groups is 3. The molecule has 14 heteroatoms. The first-order chi connectivity index (χ1) is 19.8. The fourth-order valence-electron chi connectivity index (χ4n) is 5.73. The van der Waals surface area contributed by atoms with E-state index in [4.69, 9.17) is 9.47 Å². The lowest BCUT2D eigenvalue weighted by Crippen LogP contribution is -2.59. The van der Waals surface area contributed by atoms with Gasteiger partial charge in [0, 0.05) is 44.2 Å². The number of alkyl halides is 6. The third-order valence-electron chi connectivity index (χ3n) is 7.67. The summed E-state index contributed by atoms with van der Waals surface area (Å²) in [5.74, 6) is -0.191. The average Bonchev–Trinajstić information content (AvgIpc) is 3.44. The van der Waals surface area contributed by atoms with Crippen molar-refractivity contribution in [2.75, 3.05) is 20.2 Å². The molecule has 0 spiro atoms. The molecule has 1 aromatic rings. The van der Waals surface area contributed by atoms with Crippen LogP contribution in [0.3, 0.4) is 0 Å². The lowest BCUT2D eigenvalue weighted by molar-refractivity contribution is -0.143. The van der Waals surface area contributed by atoms with E-state index >= 15 is 0 Å². The fraction of sp³-hybridized carbons (Fsp3) is 0.690. The van der Waals surface area contributed by atoms with E-state index < -0.39 is 65.9 Å². The van der Waals surface area contributed by atoms with Crippen LogP contribution in [-0.4, -0.2) is 76.7 Å². The van der Waals surface area contributed by atoms with Gasteiger partial charge in [-0.05, 0) is 76.6 Å². The van der Waals surface area contributed by atoms with Crippen molar-refractivity contribution in [2.24, 2.45) is 0 Å². The van der Waals surface area contributed by atoms with E-state index in [0.717, 1.165) is 24.9 Å². The van der Waals surface area contributed by atoms with E-state index in [1.165, 1.54) is 4.90 Å². The molecule has 3 amide bonds. The molecule has 0 aromatic heterocycles. The van der Waals surface area contributed by atoms with Gasteiger partial charge in [0.05, 0.1) is 18.2 Å². The minimum absolute atomic E-state index is 0.0262. The van der Waals surface area contributed by atoms with Crippen LogP contribution < -0.4 is 0 Å². The molecule has 0 N–H and O–H groups in total. The lowest BCUT2D eigenvalue weighted by Gasteiger charge is -2.47. The molecule has 2 heterocycles. The minimum Gasteiger partial charge on any atom is -0.453 e. The Labute approximate surface area is 247 Å². The molecule has 2 aliphatic heterocycles. The molecule has 0 radical (unpaired) electrons. The number of ether oxygens (including phenoxy) is 2. The van der Waals surface area contributed by atoms with Gasteiger partial charge in [0.2, 0.25) is 5.91 Å². The minimum atomic E-state index is -5.06. The fourth-order valence-corrected chi connectivity index (χ4v) is 5.73. The van der Waals surface area contributed by atoms with Gasteiger partial charge < -0.3 is 24.2 Å². The highest BCUT2D eigenvalue weighted by atomic mass is 19.4. The molecule has 1 aromatic carbocycles. The molecule has 0 aliphatic carbocycles. The van der Waals surface area contributed by atoms with Crippen molar-refractivity contribution in [3.63, 3.8) is 0 Å². The first-order valence-electron chi connectivity index (χ1n) is 14.3. The summed E-state index contributed by atoms with van der Waals surface area (Å²) >= 11 is 0. The molecule has 43 heavy (non-hydrogen) atoms. The molecule has 8 nitrogen and oxygen atoms in total. The largest absolute Gasteiger partial charge is 0.453 e. The summed E-state index contributed by atoms with van der Waals surface area (Å²) in [4.78, 5) is 43.9. The van der Waals surface area contributed by atoms with Gasteiger partial charge in [-0.1, -0.05) is 6.92 Å². The van der Waals surface area contributed by atoms with Crippen molar-refractivity contribution in [3.05, 3.63) is 34.9 Å². The van der Waals surface area contributed by atoms with Crippen LogP contribution in [0.1, 0.15) is 82.9 Å². The Hall–Kier alpha value is -3.19. The number of halogens is 6. The van der Waals surface area contributed by atoms with Crippen molar-refractivity contribution in [3.8, 4) is 0 Å². The van der Waals surface area contributed by atoms with Gasteiger partial charge in [0.25, 0.3) is 0 Å². The molecule has 0 unspecified atom stereocenters. The van der Waals surface area contributed by atoms with Crippen LogP contribution in [-0.2, 0) is 33.2 Å². The zero-order valence-corrected chi connectivity index (χ0v) is 25.0. The third-order valence-corrected chi connectivity index (χ3v) is 7.67. The molecule has 2 aliphatic rings. The number of rotatable bonds is 6. The molecular formula is C29H39F6N3O5. The molecule has 242 valence electrons. The third kappa shape index (κ3) is 8.91. The monoisotopic (exact) mass is 623 g/mol.